The van der Waals surface area contributed by atoms with E-state index in [-0.39, 0.29) is 18.2 Å². The van der Waals surface area contributed by atoms with Crippen molar-refractivity contribution in [1.82, 2.24) is 4.98 Å². The lowest BCUT2D eigenvalue weighted by Crippen LogP contribution is -1.96. The Labute approximate surface area is 104 Å². The Hall–Kier alpha value is -1.10. The highest BCUT2D eigenvalue weighted by Gasteiger charge is 2.07. The number of nitrogens with two attached hydrogens (primary N) is 1. The zero-order chi connectivity index (χ0) is 10.8. The third kappa shape index (κ3) is 2.35. The molecule has 0 unspecified atom stereocenters. The lowest BCUT2D eigenvalue weighted by atomic mass is 10.1. The second-order valence-electron chi connectivity index (χ2n) is 3.31. The summed E-state index contributed by atoms with van der Waals surface area (Å²) in [5.74, 6) is 0.253. The minimum atomic E-state index is 0. The summed E-state index contributed by atoms with van der Waals surface area (Å²) in [7, 11) is 0. The molecule has 0 bridgehead atoms. The fourth-order valence-electron chi connectivity index (χ4n) is 1.46. The van der Waals surface area contributed by atoms with Gasteiger partial charge < -0.3 is 10.8 Å². The minimum absolute atomic E-state index is 0. The van der Waals surface area contributed by atoms with Gasteiger partial charge in [-0.2, -0.15) is 0 Å². The third-order valence-corrected chi connectivity index (χ3v) is 3.29. The molecule has 0 radical (unpaired) electrons. The zero-order valence-corrected chi connectivity index (χ0v) is 10.4. The summed E-state index contributed by atoms with van der Waals surface area (Å²) in [5, 5.41) is 9.69. The smallest absolute Gasteiger partial charge is 0.120 e. The van der Waals surface area contributed by atoms with Crippen molar-refractivity contribution in [3.8, 4) is 16.2 Å². The Morgan fingerprint density at radius 2 is 2.19 bits per heavy atom. The summed E-state index contributed by atoms with van der Waals surface area (Å²) < 4.78 is 0. The summed E-state index contributed by atoms with van der Waals surface area (Å²) >= 11 is 1.57. The molecule has 86 valence electrons. The molecule has 2 rings (SSSR count). The van der Waals surface area contributed by atoms with Crippen molar-refractivity contribution in [3.05, 3.63) is 35.0 Å². The molecule has 0 fully saturated rings. The molecule has 0 aliphatic carbocycles. The minimum Gasteiger partial charge on any atom is -0.508 e. The number of rotatable bonds is 2. The van der Waals surface area contributed by atoms with E-state index < -0.39 is 0 Å². The molecule has 0 atom stereocenters. The number of aryl methyl sites for hydroxylation is 1. The van der Waals surface area contributed by atoms with Crippen molar-refractivity contribution in [2.75, 3.05) is 0 Å². The van der Waals surface area contributed by atoms with Crippen molar-refractivity contribution < 1.29 is 5.11 Å². The number of aromatic hydroxyl groups is 1. The molecule has 1 heterocycles. The van der Waals surface area contributed by atoms with Gasteiger partial charge in [0.25, 0.3) is 0 Å². The van der Waals surface area contributed by atoms with E-state index in [9.17, 15) is 5.11 Å². The van der Waals surface area contributed by atoms with Crippen LogP contribution in [0.1, 0.15) is 11.3 Å². The highest BCUT2D eigenvalue weighted by Crippen LogP contribution is 2.30. The second kappa shape index (κ2) is 5.30. The van der Waals surface area contributed by atoms with Crippen LogP contribution in [0.3, 0.4) is 0 Å². The average Bonchev–Trinajstić information content (AvgIpc) is 2.64. The van der Waals surface area contributed by atoms with Gasteiger partial charge in [-0.25, -0.2) is 4.98 Å². The predicted octanol–water partition coefficient (Wildman–Crippen LogP) is 2.70. The summed E-state index contributed by atoms with van der Waals surface area (Å²) in [6.07, 6.45) is 0. The van der Waals surface area contributed by atoms with Crippen LogP contribution in [0, 0.1) is 6.92 Å². The van der Waals surface area contributed by atoms with Gasteiger partial charge in [0.15, 0.2) is 0 Å². The van der Waals surface area contributed by atoms with Gasteiger partial charge >= 0.3 is 0 Å². The van der Waals surface area contributed by atoms with Crippen LogP contribution >= 0.6 is 23.7 Å². The van der Waals surface area contributed by atoms with Gasteiger partial charge in [-0.15, -0.1) is 23.7 Å². The lowest BCUT2D eigenvalue weighted by Gasteiger charge is -2.04. The lowest BCUT2D eigenvalue weighted by molar-refractivity contribution is 0.468. The van der Waals surface area contributed by atoms with Gasteiger partial charge in [0.2, 0.25) is 0 Å². The van der Waals surface area contributed by atoms with Crippen molar-refractivity contribution in [2.24, 2.45) is 5.73 Å². The fourth-order valence-corrected chi connectivity index (χ4v) is 2.26. The molecule has 0 aliphatic heterocycles. The van der Waals surface area contributed by atoms with Crippen molar-refractivity contribution >= 4 is 23.7 Å². The first-order chi connectivity index (χ1) is 7.22. The first-order valence-electron chi connectivity index (χ1n) is 4.65. The van der Waals surface area contributed by atoms with E-state index in [1.165, 1.54) is 0 Å². The summed E-state index contributed by atoms with van der Waals surface area (Å²) in [6.45, 7) is 2.31. The quantitative estimate of drug-likeness (QED) is 0.869. The number of nitrogens with zero attached hydrogens (tertiary/aromatic N) is 1. The van der Waals surface area contributed by atoms with Crippen LogP contribution in [0.5, 0.6) is 5.75 Å². The molecule has 5 heteroatoms. The van der Waals surface area contributed by atoms with Crippen LogP contribution in [0.15, 0.2) is 23.7 Å². The van der Waals surface area contributed by atoms with E-state index in [0.29, 0.717) is 6.54 Å². The number of phenols is 1. The van der Waals surface area contributed by atoms with E-state index >= 15 is 0 Å². The molecule has 3 nitrogen and oxygen atoms in total. The Bertz CT molecular complexity index is 485. The summed E-state index contributed by atoms with van der Waals surface area (Å²) in [4.78, 5) is 5.27. The maximum absolute atomic E-state index is 9.69. The molecular weight excluding hydrogens is 244 g/mol. The average molecular weight is 257 g/mol. The van der Waals surface area contributed by atoms with Crippen LogP contribution in [0.4, 0.5) is 0 Å². The van der Waals surface area contributed by atoms with Gasteiger partial charge in [0, 0.05) is 12.1 Å². The SMILES string of the molecule is Cc1ncsc1-c1ccc(CN)c(O)c1.Cl. The highest BCUT2D eigenvalue weighted by molar-refractivity contribution is 7.13. The molecule has 16 heavy (non-hydrogen) atoms. The number of hydrogen-bond donors (Lipinski definition) is 2. The molecule has 1 aromatic carbocycles. The van der Waals surface area contributed by atoms with Crippen molar-refractivity contribution in [3.63, 3.8) is 0 Å². The largest absolute Gasteiger partial charge is 0.508 e. The van der Waals surface area contributed by atoms with Gasteiger partial charge in [-0.05, 0) is 18.6 Å². The Morgan fingerprint density at radius 1 is 1.44 bits per heavy atom. The van der Waals surface area contributed by atoms with E-state index in [1.54, 1.807) is 22.9 Å². The number of aromatic nitrogens is 1. The van der Waals surface area contributed by atoms with Gasteiger partial charge in [0.1, 0.15) is 5.75 Å². The van der Waals surface area contributed by atoms with Crippen LogP contribution < -0.4 is 5.73 Å². The standard InChI is InChI=1S/C11H12N2OS.ClH/c1-7-11(15-6-13-7)8-2-3-9(5-12)10(14)4-8;/h2-4,6,14H,5,12H2,1H3;1H. The Morgan fingerprint density at radius 3 is 2.69 bits per heavy atom. The number of thiazole rings is 1. The first-order valence-corrected chi connectivity index (χ1v) is 5.52. The molecule has 0 amide bonds. The van der Waals surface area contributed by atoms with Crippen LogP contribution in [-0.2, 0) is 6.54 Å². The summed E-state index contributed by atoms with van der Waals surface area (Å²) in [5.41, 5.74) is 10.0. The van der Waals surface area contributed by atoms with E-state index in [0.717, 1.165) is 21.7 Å². The highest BCUT2D eigenvalue weighted by atomic mass is 35.5. The van der Waals surface area contributed by atoms with E-state index in [1.807, 2.05) is 19.1 Å². The maximum atomic E-state index is 9.69. The normalized spacial score (nSPS) is 9.88. The third-order valence-electron chi connectivity index (χ3n) is 2.31. The zero-order valence-electron chi connectivity index (χ0n) is 8.80. The monoisotopic (exact) mass is 256 g/mol. The predicted molar refractivity (Wildman–Crippen MR) is 69.1 cm³/mol. The molecule has 0 spiro atoms. The molecule has 0 saturated carbocycles. The van der Waals surface area contributed by atoms with Gasteiger partial charge in [-0.3, -0.25) is 0 Å². The molecular formula is C11H13ClN2OS. The molecule has 0 aliphatic rings. The molecule has 0 saturated heterocycles. The Balaban J connectivity index is 0.00000128. The van der Waals surface area contributed by atoms with Crippen LogP contribution in [0.25, 0.3) is 10.4 Å². The summed E-state index contributed by atoms with van der Waals surface area (Å²) in [6, 6.07) is 5.55. The number of phenolic OH excluding ortho intramolecular Hbond substituents is 1. The number of benzene rings is 1. The molecule has 3 N–H and O–H groups in total. The Kier molecular flexibility index (Phi) is 4.29. The maximum Gasteiger partial charge on any atom is 0.120 e. The van der Waals surface area contributed by atoms with Gasteiger partial charge in [0.05, 0.1) is 16.1 Å². The molecule has 2 aromatic rings. The van der Waals surface area contributed by atoms with E-state index in [2.05, 4.69) is 4.98 Å². The molecule has 1 aromatic heterocycles. The van der Waals surface area contributed by atoms with E-state index in [4.69, 9.17) is 5.73 Å². The van der Waals surface area contributed by atoms with Crippen LogP contribution in [-0.4, -0.2) is 10.1 Å². The number of halogens is 1. The van der Waals surface area contributed by atoms with Crippen molar-refractivity contribution in [2.45, 2.75) is 13.5 Å². The van der Waals surface area contributed by atoms with Crippen molar-refractivity contribution in [1.29, 1.82) is 0 Å². The number of hydrogen-bond acceptors (Lipinski definition) is 4. The van der Waals surface area contributed by atoms with Crippen LogP contribution in [0.2, 0.25) is 0 Å². The first kappa shape index (κ1) is 13.0. The second-order valence-corrected chi connectivity index (χ2v) is 4.17. The topological polar surface area (TPSA) is 59.1 Å². The van der Waals surface area contributed by atoms with Gasteiger partial charge in [-0.1, -0.05) is 12.1 Å². The fraction of sp³-hybridized carbons (Fsp3) is 0.182.